The van der Waals surface area contributed by atoms with Crippen LogP contribution in [0.4, 0.5) is 0 Å². The van der Waals surface area contributed by atoms with Crippen LogP contribution in [0.1, 0.15) is 33.3 Å². The van der Waals surface area contributed by atoms with E-state index < -0.39 is 11.2 Å². The number of ether oxygens (including phenoxy) is 1. The number of carbonyl (C=O) groups excluding carboxylic acids is 2. The Morgan fingerprint density at radius 2 is 1.45 bits per heavy atom. The van der Waals surface area contributed by atoms with E-state index in [4.69, 9.17) is 16.3 Å². The molecule has 108 valence electrons. The SMILES string of the molecule is CC1(C)OC(C)(C)C(=O)N(Cc2ccc(Cl)cc2)C1=O. The number of rotatable bonds is 2. The van der Waals surface area contributed by atoms with Crippen LogP contribution in [0.15, 0.2) is 24.3 Å². The van der Waals surface area contributed by atoms with Gasteiger partial charge >= 0.3 is 0 Å². The zero-order chi connectivity index (χ0) is 15.1. The Kier molecular flexibility index (Phi) is 3.65. The molecule has 0 unspecified atom stereocenters. The highest BCUT2D eigenvalue weighted by molar-refractivity contribution is 6.30. The smallest absolute Gasteiger partial charge is 0.261 e. The minimum absolute atomic E-state index is 0.227. The molecule has 0 saturated carbocycles. The second-order valence-electron chi connectivity index (χ2n) is 5.95. The van der Waals surface area contributed by atoms with Crippen molar-refractivity contribution < 1.29 is 14.3 Å². The van der Waals surface area contributed by atoms with Crippen LogP contribution in [0.3, 0.4) is 0 Å². The number of nitrogens with zero attached hydrogens (tertiary/aromatic N) is 1. The highest BCUT2D eigenvalue weighted by atomic mass is 35.5. The lowest BCUT2D eigenvalue weighted by atomic mass is 9.96. The van der Waals surface area contributed by atoms with Crippen molar-refractivity contribution in [2.75, 3.05) is 0 Å². The summed E-state index contributed by atoms with van der Waals surface area (Å²) in [5, 5.41) is 0.619. The van der Waals surface area contributed by atoms with Gasteiger partial charge in [-0.25, -0.2) is 0 Å². The largest absolute Gasteiger partial charge is 0.350 e. The van der Waals surface area contributed by atoms with Gasteiger partial charge in [0, 0.05) is 5.02 Å². The molecule has 5 heteroatoms. The molecule has 0 atom stereocenters. The van der Waals surface area contributed by atoms with E-state index in [0.717, 1.165) is 5.56 Å². The third-order valence-corrected chi connectivity index (χ3v) is 3.54. The molecule has 20 heavy (non-hydrogen) atoms. The van der Waals surface area contributed by atoms with Crippen LogP contribution in [-0.2, 0) is 20.9 Å². The van der Waals surface area contributed by atoms with Crippen LogP contribution in [0.25, 0.3) is 0 Å². The Balaban J connectivity index is 2.30. The van der Waals surface area contributed by atoms with Gasteiger partial charge in [-0.3, -0.25) is 14.5 Å². The second kappa shape index (κ2) is 4.86. The fourth-order valence-electron chi connectivity index (χ4n) is 2.38. The van der Waals surface area contributed by atoms with Crippen molar-refractivity contribution in [1.29, 1.82) is 0 Å². The van der Waals surface area contributed by atoms with E-state index in [0.29, 0.717) is 5.02 Å². The zero-order valence-electron chi connectivity index (χ0n) is 12.1. The van der Waals surface area contributed by atoms with Crippen LogP contribution in [-0.4, -0.2) is 27.9 Å². The lowest BCUT2D eigenvalue weighted by molar-refractivity contribution is -0.204. The Hall–Kier alpha value is -1.39. The average Bonchev–Trinajstić information content (AvgIpc) is 2.34. The summed E-state index contributed by atoms with van der Waals surface area (Å²) in [5.41, 5.74) is -1.17. The van der Waals surface area contributed by atoms with Crippen molar-refractivity contribution in [3.05, 3.63) is 34.9 Å². The normalized spacial score (nSPS) is 21.1. The quantitative estimate of drug-likeness (QED) is 0.788. The molecule has 1 saturated heterocycles. The summed E-state index contributed by atoms with van der Waals surface area (Å²) in [5.74, 6) is -0.645. The third-order valence-electron chi connectivity index (χ3n) is 3.28. The maximum Gasteiger partial charge on any atom is 0.261 e. The lowest BCUT2D eigenvalue weighted by Crippen LogP contribution is -2.63. The van der Waals surface area contributed by atoms with Gasteiger partial charge in [-0.05, 0) is 45.4 Å². The van der Waals surface area contributed by atoms with Crippen LogP contribution >= 0.6 is 11.6 Å². The summed E-state index contributed by atoms with van der Waals surface area (Å²) >= 11 is 5.83. The van der Waals surface area contributed by atoms with Gasteiger partial charge in [-0.2, -0.15) is 0 Å². The average molecular weight is 296 g/mol. The van der Waals surface area contributed by atoms with E-state index in [2.05, 4.69) is 0 Å². The highest BCUT2D eigenvalue weighted by Crippen LogP contribution is 2.31. The first-order valence-corrected chi connectivity index (χ1v) is 6.82. The van der Waals surface area contributed by atoms with Gasteiger partial charge < -0.3 is 4.74 Å². The molecule has 0 spiro atoms. The van der Waals surface area contributed by atoms with E-state index in [-0.39, 0.29) is 18.4 Å². The number of morpholine rings is 1. The second-order valence-corrected chi connectivity index (χ2v) is 6.38. The standard InChI is InChI=1S/C15H18ClNO3/c1-14(2)12(18)17(13(19)15(3,4)20-14)9-10-5-7-11(16)8-6-10/h5-8H,9H2,1-4H3. The number of carbonyl (C=O) groups is 2. The third kappa shape index (κ3) is 2.72. The van der Waals surface area contributed by atoms with Gasteiger partial charge in [-0.15, -0.1) is 0 Å². The molecule has 1 fully saturated rings. The molecule has 0 N–H and O–H groups in total. The first kappa shape index (κ1) is 15.0. The fourth-order valence-corrected chi connectivity index (χ4v) is 2.51. The fraction of sp³-hybridized carbons (Fsp3) is 0.467. The number of halogens is 1. The maximum absolute atomic E-state index is 12.4. The van der Waals surface area contributed by atoms with Crippen molar-refractivity contribution in [3.8, 4) is 0 Å². The molecule has 0 aliphatic carbocycles. The lowest BCUT2D eigenvalue weighted by Gasteiger charge is -2.44. The van der Waals surface area contributed by atoms with Crippen LogP contribution in [0, 0.1) is 0 Å². The number of hydrogen-bond donors (Lipinski definition) is 0. The molecule has 0 aromatic heterocycles. The molecule has 0 radical (unpaired) electrons. The number of imide groups is 1. The predicted molar refractivity (Wildman–Crippen MR) is 76.3 cm³/mol. The molecule has 2 amide bonds. The minimum atomic E-state index is -1.01. The van der Waals surface area contributed by atoms with Gasteiger partial charge in [0.2, 0.25) is 0 Å². The summed E-state index contributed by atoms with van der Waals surface area (Å²) in [6.45, 7) is 6.94. The molecular formula is C15H18ClNO3. The van der Waals surface area contributed by atoms with Crippen LogP contribution in [0.5, 0.6) is 0 Å². The van der Waals surface area contributed by atoms with Crippen molar-refractivity contribution >= 4 is 23.4 Å². The van der Waals surface area contributed by atoms with E-state index in [1.54, 1.807) is 52.0 Å². The Bertz CT molecular complexity index is 523. The van der Waals surface area contributed by atoms with E-state index in [1.165, 1.54) is 4.90 Å². The first-order chi connectivity index (χ1) is 9.13. The van der Waals surface area contributed by atoms with Crippen molar-refractivity contribution in [2.45, 2.75) is 45.4 Å². The van der Waals surface area contributed by atoms with Gasteiger partial charge in [-0.1, -0.05) is 23.7 Å². The summed E-state index contributed by atoms with van der Waals surface area (Å²) in [6.07, 6.45) is 0. The molecule has 2 rings (SSSR count). The molecule has 1 aromatic carbocycles. The molecule has 0 bridgehead atoms. The van der Waals surface area contributed by atoms with E-state index >= 15 is 0 Å². The number of benzene rings is 1. The molecule has 1 aliphatic rings. The van der Waals surface area contributed by atoms with Crippen molar-refractivity contribution in [2.24, 2.45) is 0 Å². The summed E-state index contributed by atoms with van der Waals surface area (Å²) in [7, 11) is 0. The van der Waals surface area contributed by atoms with Crippen LogP contribution < -0.4 is 0 Å². The van der Waals surface area contributed by atoms with Crippen LogP contribution in [0.2, 0.25) is 5.02 Å². The molecule has 1 aliphatic heterocycles. The topological polar surface area (TPSA) is 46.6 Å². The van der Waals surface area contributed by atoms with Gasteiger partial charge in [0.15, 0.2) is 0 Å². The van der Waals surface area contributed by atoms with Gasteiger partial charge in [0.25, 0.3) is 11.8 Å². The Labute approximate surface area is 123 Å². The summed E-state index contributed by atoms with van der Waals surface area (Å²) in [4.78, 5) is 26.0. The minimum Gasteiger partial charge on any atom is -0.350 e. The van der Waals surface area contributed by atoms with E-state index in [9.17, 15) is 9.59 Å². The summed E-state index contributed by atoms with van der Waals surface area (Å²) in [6, 6.07) is 7.09. The van der Waals surface area contributed by atoms with Gasteiger partial charge in [0.1, 0.15) is 11.2 Å². The highest BCUT2D eigenvalue weighted by Gasteiger charge is 2.50. The molecular weight excluding hydrogens is 278 g/mol. The molecule has 1 aromatic rings. The molecule has 4 nitrogen and oxygen atoms in total. The maximum atomic E-state index is 12.4. The van der Waals surface area contributed by atoms with E-state index in [1.807, 2.05) is 0 Å². The van der Waals surface area contributed by atoms with Gasteiger partial charge in [0.05, 0.1) is 6.54 Å². The van der Waals surface area contributed by atoms with Crippen molar-refractivity contribution in [3.63, 3.8) is 0 Å². The first-order valence-electron chi connectivity index (χ1n) is 6.44. The number of amides is 2. The Morgan fingerprint density at radius 3 is 1.90 bits per heavy atom. The Morgan fingerprint density at radius 1 is 1.00 bits per heavy atom. The molecule has 1 heterocycles. The monoisotopic (exact) mass is 295 g/mol. The van der Waals surface area contributed by atoms with Crippen molar-refractivity contribution in [1.82, 2.24) is 4.90 Å². The summed E-state index contributed by atoms with van der Waals surface area (Å²) < 4.78 is 5.61. The zero-order valence-corrected chi connectivity index (χ0v) is 12.8. The predicted octanol–water partition coefficient (Wildman–Crippen LogP) is 2.78. The number of hydrogen-bond acceptors (Lipinski definition) is 3.